The van der Waals surface area contributed by atoms with Gasteiger partial charge in [-0.1, -0.05) is 13.8 Å². The van der Waals surface area contributed by atoms with Crippen LogP contribution in [0.4, 0.5) is 0 Å². The third kappa shape index (κ3) is 3.97. The molecular formula is C12H24O2S. The van der Waals surface area contributed by atoms with Gasteiger partial charge in [0.25, 0.3) is 0 Å². The van der Waals surface area contributed by atoms with E-state index in [9.17, 15) is 0 Å². The summed E-state index contributed by atoms with van der Waals surface area (Å²) in [6.07, 6.45) is 3.45. The van der Waals surface area contributed by atoms with Crippen LogP contribution >= 0.6 is 12.6 Å². The van der Waals surface area contributed by atoms with Gasteiger partial charge in [-0.25, -0.2) is 0 Å². The summed E-state index contributed by atoms with van der Waals surface area (Å²) < 4.78 is 11.2. The van der Waals surface area contributed by atoms with E-state index in [1.54, 1.807) is 0 Å². The fourth-order valence-corrected chi connectivity index (χ4v) is 2.42. The molecule has 0 aliphatic carbocycles. The van der Waals surface area contributed by atoms with E-state index in [0.29, 0.717) is 5.92 Å². The number of rotatable bonds is 7. The van der Waals surface area contributed by atoms with Crippen LogP contribution in [0.25, 0.3) is 0 Å². The Morgan fingerprint density at radius 3 is 2.60 bits per heavy atom. The van der Waals surface area contributed by atoms with Crippen LogP contribution in [0, 0.1) is 11.3 Å². The average molecular weight is 232 g/mol. The van der Waals surface area contributed by atoms with Crippen molar-refractivity contribution in [2.45, 2.75) is 33.1 Å². The van der Waals surface area contributed by atoms with E-state index in [4.69, 9.17) is 9.47 Å². The standard InChI is InChI=1S/C12H24O2S/c1-3-12(4-2,10-15)9-14-8-11-5-6-13-7-11/h11,15H,3-10H2,1-2H3. The molecule has 0 bridgehead atoms. The topological polar surface area (TPSA) is 18.5 Å². The molecule has 0 aromatic heterocycles. The Hall–Kier alpha value is 0.270. The molecule has 2 nitrogen and oxygen atoms in total. The summed E-state index contributed by atoms with van der Waals surface area (Å²) in [6.45, 7) is 7.94. The van der Waals surface area contributed by atoms with Crippen molar-refractivity contribution >= 4 is 12.6 Å². The van der Waals surface area contributed by atoms with Crippen molar-refractivity contribution in [3.63, 3.8) is 0 Å². The van der Waals surface area contributed by atoms with E-state index in [-0.39, 0.29) is 5.41 Å². The predicted molar refractivity (Wildman–Crippen MR) is 66.6 cm³/mol. The molecule has 0 aromatic rings. The van der Waals surface area contributed by atoms with E-state index >= 15 is 0 Å². The third-order valence-electron chi connectivity index (χ3n) is 3.62. The van der Waals surface area contributed by atoms with Crippen LogP contribution < -0.4 is 0 Å². The summed E-state index contributed by atoms with van der Waals surface area (Å²) in [5.74, 6) is 1.54. The lowest BCUT2D eigenvalue weighted by atomic mass is 9.85. The van der Waals surface area contributed by atoms with Gasteiger partial charge in [0.2, 0.25) is 0 Å². The molecule has 3 heteroatoms. The first-order valence-corrected chi connectivity index (χ1v) is 6.66. The normalized spacial score (nSPS) is 22.2. The Kier molecular flexibility index (Phi) is 6.02. The van der Waals surface area contributed by atoms with Crippen molar-refractivity contribution in [2.75, 3.05) is 32.2 Å². The molecule has 1 aliphatic rings. The Labute approximate surface area is 99.1 Å². The van der Waals surface area contributed by atoms with Gasteiger partial charge in [-0.05, 0) is 25.0 Å². The summed E-state index contributed by atoms with van der Waals surface area (Å²) in [5, 5.41) is 0. The summed E-state index contributed by atoms with van der Waals surface area (Å²) in [7, 11) is 0. The molecule has 0 saturated carbocycles. The van der Waals surface area contributed by atoms with Gasteiger partial charge in [0.05, 0.1) is 19.8 Å². The molecule has 0 amide bonds. The van der Waals surface area contributed by atoms with Crippen LogP contribution in [0.1, 0.15) is 33.1 Å². The monoisotopic (exact) mass is 232 g/mol. The highest BCUT2D eigenvalue weighted by atomic mass is 32.1. The first-order valence-electron chi connectivity index (χ1n) is 6.02. The molecule has 0 N–H and O–H groups in total. The van der Waals surface area contributed by atoms with Gasteiger partial charge in [-0.3, -0.25) is 0 Å². The SMILES string of the molecule is CCC(CC)(CS)COCC1CCOC1. The van der Waals surface area contributed by atoms with Crippen molar-refractivity contribution < 1.29 is 9.47 Å². The molecule has 1 saturated heterocycles. The fourth-order valence-electron chi connectivity index (χ4n) is 1.88. The van der Waals surface area contributed by atoms with Gasteiger partial charge in [0, 0.05) is 17.9 Å². The summed E-state index contributed by atoms with van der Waals surface area (Å²) in [4.78, 5) is 0. The van der Waals surface area contributed by atoms with Crippen LogP contribution in [0.5, 0.6) is 0 Å². The zero-order valence-corrected chi connectivity index (χ0v) is 10.9. The zero-order valence-electron chi connectivity index (χ0n) is 10.00. The van der Waals surface area contributed by atoms with Crippen molar-refractivity contribution in [2.24, 2.45) is 11.3 Å². The second-order valence-electron chi connectivity index (χ2n) is 4.61. The molecule has 1 atom stereocenters. The minimum absolute atomic E-state index is 0.280. The van der Waals surface area contributed by atoms with Gasteiger partial charge >= 0.3 is 0 Å². The zero-order chi connectivity index (χ0) is 11.1. The lowest BCUT2D eigenvalue weighted by Crippen LogP contribution is -2.28. The lowest BCUT2D eigenvalue weighted by Gasteiger charge is -2.29. The first kappa shape index (κ1) is 13.3. The lowest BCUT2D eigenvalue weighted by molar-refractivity contribution is 0.0285. The van der Waals surface area contributed by atoms with Gasteiger partial charge in [-0.15, -0.1) is 0 Å². The van der Waals surface area contributed by atoms with E-state index in [2.05, 4.69) is 26.5 Å². The Morgan fingerprint density at radius 1 is 1.40 bits per heavy atom. The third-order valence-corrected chi connectivity index (χ3v) is 4.29. The molecule has 1 fully saturated rings. The molecule has 0 aromatic carbocycles. The van der Waals surface area contributed by atoms with Crippen molar-refractivity contribution in [1.82, 2.24) is 0 Å². The van der Waals surface area contributed by atoms with Gasteiger partial charge in [0.15, 0.2) is 0 Å². The van der Waals surface area contributed by atoms with E-state index in [1.165, 1.54) is 0 Å². The Bertz CT molecular complexity index is 155. The van der Waals surface area contributed by atoms with Crippen LogP contribution in [0.2, 0.25) is 0 Å². The maximum Gasteiger partial charge on any atom is 0.0530 e. The highest BCUT2D eigenvalue weighted by molar-refractivity contribution is 7.80. The molecule has 90 valence electrons. The van der Waals surface area contributed by atoms with Crippen LogP contribution in [-0.4, -0.2) is 32.2 Å². The molecule has 1 rings (SSSR count). The molecule has 1 aliphatic heterocycles. The fraction of sp³-hybridized carbons (Fsp3) is 1.00. The predicted octanol–water partition coefficient (Wildman–Crippen LogP) is 2.78. The maximum atomic E-state index is 5.83. The molecule has 1 unspecified atom stereocenters. The second-order valence-corrected chi connectivity index (χ2v) is 4.93. The van der Waals surface area contributed by atoms with Gasteiger partial charge in [0.1, 0.15) is 0 Å². The Morgan fingerprint density at radius 2 is 2.13 bits per heavy atom. The number of hydrogen-bond donors (Lipinski definition) is 1. The number of hydrogen-bond acceptors (Lipinski definition) is 3. The summed E-state index contributed by atoms with van der Waals surface area (Å²) in [5.41, 5.74) is 0.280. The molecular weight excluding hydrogens is 208 g/mol. The minimum Gasteiger partial charge on any atom is -0.381 e. The van der Waals surface area contributed by atoms with Gasteiger partial charge in [-0.2, -0.15) is 12.6 Å². The van der Waals surface area contributed by atoms with Crippen LogP contribution in [0.15, 0.2) is 0 Å². The second kappa shape index (κ2) is 6.77. The highest BCUT2D eigenvalue weighted by Gasteiger charge is 2.25. The van der Waals surface area contributed by atoms with Crippen LogP contribution in [-0.2, 0) is 9.47 Å². The Balaban J connectivity index is 2.21. The molecule has 0 spiro atoms. The number of ether oxygens (including phenoxy) is 2. The quantitative estimate of drug-likeness (QED) is 0.680. The smallest absolute Gasteiger partial charge is 0.0530 e. The summed E-state index contributed by atoms with van der Waals surface area (Å²) >= 11 is 4.44. The van der Waals surface area contributed by atoms with Gasteiger partial charge < -0.3 is 9.47 Å². The van der Waals surface area contributed by atoms with Crippen molar-refractivity contribution in [3.8, 4) is 0 Å². The first-order chi connectivity index (χ1) is 7.26. The van der Waals surface area contributed by atoms with Crippen molar-refractivity contribution in [3.05, 3.63) is 0 Å². The largest absolute Gasteiger partial charge is 0.381 e. The molecule has 15 heavy (non-hydrogen) atoms. The number of thiol groups is 1. The van der Waals surface area contributed by atoms with E-state index in [0.717, 1.165) is 51.4 Å². The minimum atomic E-state index is 0.280. The summed E-state index contributed by atoms with van der Waals surface area (Å²) in [6, 6.07) is 0. The van der Waals surface area contributed by atoms with E-state index < -0.39 is 0 Å². The average Bonchev–Trinajstić information content (AvgIpc) is 2.78. The highest BCUT2D eigenvalue weighted by Crippen LogP contribution is 2.28. The molecule has 0 radical (unpaired) electrons. The molecule has 1 heterocycles. The van der Waals surface area contributed by atoms with Crippen LogP contribution in [0.3, 0.4) is 0 Å². The van der Waals surface area contributed by atoms with Crippen molar-refractivity contribution in [1.29, 1.82) is 0 Å². The van der Waals surface area contributed by atoms with E-state index in [1.807, 2.05) is 0 Å². The maximum absolute atomic E-state index is 5.83.